The van der Waals surface area contributed by atoms with Crippen LogP contribution in [-0.2, 0) is 9.53 Å². The van der Waals surface area contributed by atoms with Gasteiger partial charge in [-0.15, -0.1) is 0 Å². The number of allylic oxidation sites excluding steroid dienone is 2. The molecule has 1 aliphatic heterocycles. The number of rotatable bonds is 1. The molecule has 0 amide bonds. The molecule has 2 aliphatic rings. The molecule has 1 atom stereocenters. The quantitative estimate of drug-likeness (QED) is 0.444. The summed E-state index contributed by atoms with van der Waals surface area (Å²) in [5.74, 6) is -3.98. The van der Waals surface area contributed by atoms with E-state index in [1.807, 2.05) is 0 Å². The zero-order valence-electron chi connectivity index (χ0n) is 9.83. The number of ether oxygens (including phenoxy) is 1. The van der Waals surface area contributed by atoms with Crippen molar-refractivity contribution >= 4 is 23.0 Å². The van der Waals surface area contributed by atoms with E-state index in [1.54, 1.807) is 0 Å². The summed E-state index contributed by atoms with van der Waals surface area (Å²) in [5, 5.41) is 10.8. The van der Waals surface area contributed by atoms with Gasteiger partial charge in [0.25, 0.3) is 11.5 Å². The molecule has 0 saturated heterocycles. The van der Waals surface area contributed by atoms with Gasteiger partial charge >= 0.3 is 5.97 Å². The van der Waals surface area contributed by atoms with Gasteiger partial charge in [-0.3, -0.25) is 14.9 Å². The Balaban J connectivity index is 2.27. The lowest BCUT2D eigenvalue weighted by Gasteiger charge is -2.32. The van der Waals surface area contributed by atoms with Gasteiger partial charge in [-0.1, -0.05) is 0 Å². The zero-order chi connectivity index (χ0) is 14.5. The van der Waals surface area contributed by atoms with Gasteiger partial charge in [-0.2, -0.15) is 4.39 Å². The molecule has 0 spiro atoms. The molecule has 100 valence electrons. The Hall–Kier alpha value is -2.83. The van der Waals surface area contributed by atoms with Crippen LogP contribution in [0.15, 0.2) is 36.4 Å². The number of nitro benzene ring substituents is 1. The van der Waals surface area contributed by atoms with Gasteiger partial charge in [0.15, 0.2) is 5.78 Å². The summed E-state index contributed by atoms with van der Waals surface area (Å²) >= 11 is 0. The molecule has 3 rings (SSSR count). The largest absolute Gasteiger partial charge is 0.417 e. The van der Waals surface area contributed by atoms with Crippen molar-refractivity contribution in [2.24, 2.45) is 0 Å². The van der Waals surface area contributed by atoms with E-state index < -0.39 is 22.5 Å². The van der Waals surface area contributed by atoms with Gasteiger partial charge in [0.1, 0.15) is 0 Å². The minimum atomic E-state index is -2.56. The van der Waals surface area contributed by atoms with Crippen LogP contribution in [0.4, 0.5) is 10.1 Å². The summed E-state index contributed by atoms with van der Waals surface area (Å²) < 4.78 is 19.2. The van der Waals surface area contributed by atoms with E-state index in [4.69, 9.17) is 0 Å². The predicted molar refractivity (Wildman–Crippen MR) is 64.5 cm³/mol. The topological polar surface area (TPSA) is 86.5 Å². The Labute approximate surface area is 111 Å². The number of alkyl halides is 1. The number of carbonyl (C=O) groups excluding carboxylic acids is 2. The van der Waals surface area contributed by atoms with Gasteiger partial charge in [0.05, 0.1) is 10.5 Å². The van der Waals surface area contributed by atoms with Gasteiger partial charge in [-0.25, -0.2) is 4.79 Å². The Morgan fingerprint density at radius 1 is 1.25 bits per heavy atom. The first kappa shape index (κ1) is 12.2. The van der Waals surface area contributed by atoms with Crippen LogP contribution in [0.5, 0.6) is 0 Å². The number of esters is 1. The van der Waals surface area contributed by atoms with Crippen molar-refractivity contribution in [3.63, 3.8) is 0 Å². The third-order valence-corrected chi connectivity index (χ3v) is 3.08. The van der Waals surface area contributed by atoms with Gasteiger partial charge in [0.2, 0.25) is 0 Å². The first-order valence-electron chi connectivity index (χ1n) is 5.57. The molecular weight excluding hydrogens is 269 g/mol. The van der Waals surface area contributed by atoms with Gasteiger partial charge in [0, 0.05) is 29.3 Å². The SMILES string of the molecule is O=C1C=CC2(F)OC(=O)c3ccc([N+](=O)[O-])cc3C2=C1. The number of hydrogen-bond donors (Lipinski definition) is 0. The summed E-state index contributed by atoms with van der Waals surface area (Å²) in [6.45, 7) is 0. The van der Waals surface area contributed by atoms with E-state index in [1.165, 1.54) is 6.07 Å². The van der Waals surface area contributed by atoms with Crippen molar-refractivity contribution < 1.29 is 23.6 Å². The average molecular weight is 275 g/mol. The number of non-ortho nitro benzene ring substituents is 1. The number of ketones is 1. The second-order valence-electron chi connectivity index (χ2n) is 4.32. The summed E-state index contributed by atoms with van der Waals surface area (Å²) in [6.07, 6.45) is 2.73. The van der Waals surface area contributed by atoms with E-state index in [9.17, 15) is 24.1 Å². The van der Waals surface area contributed by atoms with Crippen molar-refractivity contribution in [3.8, 4) is 0 Å². The summed E-state index contributed by atoms with van der Waals surface area (Å²) in [4.78, 5) is 33.2. The zero-order valence-corrected chi connectivity index (χ0v) is 9.83. The van der Waals surface area contributed by atoms with E-state index in [0.29, 0.717) is 0 Å². The fourth-order valence-electron chi connectivity index (χ4n) is 2.15. The number of nitrogens with zero attached hydrogens (tertiary/aromatic N) is 1. The smallest absolute Gasteiger partial charge is 0.342 e. The standard InChI is InChI=1S/C13H6FNO5/c14-13-4-3-8(16)6-11(13)10-5-7(15(18)19)1-2-9(10)12(17)20-13/h1-6H. The number of fused-ring (bicyclic) bond motifs is 3. The molecule has 1 aromatic carbocycles. The lowest BCUT2D eigenvalue weighted by atomic mass is 9.87. The number of benzene rings is 1. The molecule has 1 heterocycles. The second-order valence-corrected chi connectivity index (χ2v) is 4.32. The third kappa shape index (κ3) is 1.63. The molecule has 0 bridgehead atoms. The highest BCUT2D eigenvalue weighted by Crippen LogP contribution is 2.43. The first-order chi connectivity index (χ1) is 9.40. The van der Waals surface area contributed by atoms with Crippen molar-refractivity contribution in [1.29, 1.82) is 0 Å². The number of halogens is 1. The van der Waals surface area contributed by atoms with Crippen molar-refractivity contribution in [2.75, 3.05) is 0 Å². The maximum Gasteiger partial charge on any atom is 0.342 e. The van der Waals surface area contributed by atoms with E-state index >= 15 is 0 Å². The highest BCUT2D eigenvalue weighted by molar-refractivity contribution is 6.11. The number of nitro groups is 1. The predicted octanol–water partition coefficient (Wildman–Crippen LogP) is 1.95. The fourth-order valence-corrected chi connectivity index (χ4v) is 2.15. The van der Waals surface area contributed by atoms with E-state index in [2.05, 4.69) is 4.74 Å². The molecule has 1 aliphatic carbocycles. The molecule has 0 N–H and O–H groups in total. The molecule has 0 saturated carbocycles. The van der Waals surface area contributed by atoms with Gasteiger partial charge < -0.3 is 4.74 Å². The first-order valence-corrected chi connectivity index (χ1v) is 5.57. The Kier molecular flexibility index (Phi) is 2.34. The normalized spacial score (nSPS) is 23.6. The summed E-state index contributed by atoms with van der Waals surface area (Å²) in [5.41, 5.74) is -0.527. The number of hydrogen-bond acceptors (Lipinski definition) is 5. The van der Waals surface area contributed by atoms with Crippen LogP contribution < -0.4 is 0 Å². The molecule has 0 aromatic heterocycles. The molecule has 0 fully saturated rings. The maximum atomic E-state index is 14.5. The molecule has 20 heavy (non-hydrogen) atoms. The summed E-state index contributed by atoms with van der Waals surface area (Å²) in [6, 6.07) is 3.35. The fraction of sp³-hybridized carbons (Fsp3) is 0.0769. The van der Waals surface area contributed by atoms with Crippen LogP contribution in [0, 0.1) is 10.1 Å². The lowest BCUT2D eigenvalue weighted by Crippen LogP contribution is -2.36. The molecular formula is C13H6FNO5. The molecule has 7 heteroatoms. The highest BCUT2D eigenvalue weighted by atomic mass is 19.2. The minimum absolute atomic E-state index is 0.00403. The van der Waals surface area contributed by atoms with Crippen LogP contribution in [-0.4, -0.2) is 22.5 Å². The highest BCUT2D eigenvalue weighted by Gasteiger charge is 2.45. The molecule has 6 nitrogen and oxygen atoms in total. The average Bonchev–Trinajstić information content (AvgIpc) is 2.40. The maximum absolute atomic E-state index is 14.5. The molecule has 1 unspecified atom stereocenters. The summed E-state index contributed by atoms with van der Waals surface area (Å²) in [7, 11) is 0. The van der Waals surface area contributed by atoms with Crippen LogP contribution in [0.3, 0.4) is 0 Å². The van der Waals surface area contributed by atoms with Gasteiger partial charge in [-0.05, 0) is 18.2 Å². The van der Waals surface area contributed by atoms with Crippen molar-refractivity contribution in [2.45, 2.75) is 5.85 Å². The van der Waals surface area contributed by atoms with Crippen LogP contribution in [0.25, 0.3) is 5.57 Å². The Bertz CT molecular complexity index is 736. The van der Waals surface area contributed by atoms with Crippen LogP contribution in [0.2, 0.25) is 0 Å². The van der Waals surface area contributed by atoms with E-state index in [-0.39, 0.29) is 22.4 Å². The third-order valence-electron chi connectivity index (χ3n) is 3.08. The Morgan fingerprint density at radius 3 is 2.70 bits per heavy atom. The molecule has 1 aromatic rings. The molecule has 0 radical (unpaired) electrons. The van der Waals surface area contributed by atoms with Crippen molar-refractivity contribution in [3.05, 3.63) is 57.7 Å². The lowest BCUT2D eigenvalue weighted by molar-refractivity contribution is -0.384. The minimum Gasteiger partial charge on any atom is -0.417 e. The Morgan fingerprint density at radius 2 is 2.00 bits per heavy atom. The monoisotopic (exact) mass is 275 g/mol. The van der Waals surface area contributed by atoms with Crippen molar-refractivity contribution in [1.82, 2.24) is 0 Å². The number of carbonyl (C=O) groups is 2. The second kappa shape index (κ2) is 3.83. The van der Waals surface area contributed by atoms with E-state index in [0.717, 1.165) is 30.4 Å². The van der Waals surface area contributed by atoms with Crippen LogP contribution in [0.1, 0.15) is 15.9 Å². The van der Waals surface area contributed by atoms with Crippen LogP contribution >= 0.6 is 0 Å².